The fourth-order valence-electron chi connectivity index (χ4n) is 1.04. The monoisotopic (exact) mass is 187 g/mol. The molecule has 0 aromatic rings. The van der Waals surface area contributed by atoms with Gasteiger partial charge in [-0.25, -0.2) is 0 Å². The topological polar surface area (TPSA) is 47.6 Å². The van der Waals surface area contributed by atoms with Crippen LogP contribution in [0.15, 0.2) is 0 Å². The van der Waals surface area contributed by atoms with Gasteiger partial charge in [0.1, 0.15) is 0 Å². The molecule has 0 spiro atoms. The van der Waals surface area contributed by atoms with Crippen LogP contribution >= 0.6 is 0 Å². The molecule has 1 rings (SSSR count). The van der Waals surface area contributed by atoms with Crippen molar-refractivity contribution in [3.63, 3.8) is 0 Å². The van der Waals surface area contributed by atoms with Crippen molar-refractivity contribution >= 4 is 5.97 Å². The van der Waals surface area contributed by atoms with E-state index < -0.39 is 5.41 Å². The molecule has 1 fully saturated rings. The van der Waals surface area contributed by atoms with Crippen molar-refractivity contribution in [1.82, 2.24) is 5.32 Å². The Bertz CT molecular complexity index is 187. The van der Waals surface area contributed by atoms with Crippen molar-refractivity contribution in [2.24, 2.45) is 5.41 Å². The van der Waals surface area contributed by atoms with Crippen LogP contribution in [0.5, 0.6) is 0 Å². The number of carbonyl (C=O) groups is 1. The van der Waals surface area contributed by atoms with E-state index in [1.807, 2.05) is 13.8 Å². The van der Waals surface area contributed by atoms with Crippen molar-refractivity contribution in [3.8, 4) is 0 Å². The van der Waals surface area contributed by atoms with E-state index in [4.69, 9.17) is 4.74 Å². The van der Waals surface area contributed by atoms with E-state index in [-0.39, 0.29) is 12.1 Å². The molecule has 1 aliphatic rings. The predicted molar refractivity (Wildman–Crippen MR) is 48.4 cm³/mol. The molecule has 1 saturated heterocycles. The summed E-state index contributed by atoms with van der Waals surface area (Å²) in [6.07, 6.45) is 0.268. The summed E-state index contributed by atoms with van der Waals surface area (Å²) in [5.41, 5.74) is -0.537. The van der Waals surface area contributed by atoms with Crippen LogP contribution in [0.1, 0.15) is 13.8 Å². The number of ether oxygens (including phenoxy) is 2. The fourth-order valence-corrected chi connectivity index (χ4v) is 1.04. The second-order valence-corrected chi connectivity index (χ2v) is 3.97. The van der Waals surface area contributed by atoms with Gasteiger partial charge in [-0.3, -0.25) is 4.79 Å². The third kappa shape index (κ3) is 2.67. The van der Waals surface area contributed by atoms with Crippen LogP contribution in [0.4, 0.5) is 0 Å². The second-order valence-electron chi connectivity index (χ2n) is 3.97. The summed E-state index contributed by atoms with van der Waals surface area (Å²) in [6, 6.07) is 0. The van der Waals surface area contributed by atoms with E-state index in [0.717, 1.165) is 13.1 Å². The smallest absolute Gasteiger partial charge is 0.313 e. The Kier molecular flexibility index (Phi) is 3.27. The number of nitrogens with one attached hydrogen (secondary N) is 1. The first kappa shape index (κ1) is 10.5. The van der Waals surface area contributed by atoms with E-state index >= 15 is 0 Å². The Hall–Kier alpha value is -0.610. The number of carbonyl (C=O) groups excluding carboxylic acids is 1. The van der Waals surface area contributed by atoms with Crippen LogP contribution in [0, 0.1) is 5.41 Å². The van der Waals surface area contributed by atoms with E-state index in [2.05, 4.69) is 10.1 Å². The molecule has 0 aromatic carbocycles. The molecule has 4 heteroatoms. The summed E-state index contributed by atoms with van der Waals surface area (Å²) in [4.78, 5) is 11.2. The Morgan fingerprint density at radius 1 is 1.54 bits per heavy atom. The highest BCUT2D eigenvalue weighted by atomic mass is 16.5. The summed E-state index contributed by atoms with van der Waals surface area (Å²) in [6.45, 7) is 5.84. The number of methoxy groups -OCH3 is 1. The van der Waals surface area contributed by atoms with Gasteiger partial charge >= 0.3 is 5.97 Å². The third-order valence-electron chi connectivity index (χ3n) is 2.16. The molecular weight excluding hydrogens is 170 g/mol. The van der Waals surface area contributed by atoms with Gasteiger partial charge in [0.2, 0.25) is 0 Å². The summed E-state index contributed by atoms with van der Waals surface area (Å²) in [5, 5.41) is 3.10. The van der Waals surface area contributed by atoms with Crippen LogP contribution in [0.25, 0.3) is 0 Å². The van der Waals surface area contributed by atoms with Crippen LogP contribution in [-0.4, -0.2) is 38.9 Å². The summed E-state index contributed by atoms with van der Waals surface area (Å²) in [5.74, 6) is -0.222. The molecule has 1 N–H and O–H groups in total. The lowest BCUT2D eigenvalue weighted by Gasteiger charge is -2.30. The van der Waals surface area contributed by atoms with Gasteiger partial charge in [0.15, 0.2) is 0 Å². The molecule has 13 heavy (non-hydrogen) atoms. The van der Waals surface area contributed by atoms with Gasteiger partial charge in [0.25, 0.3) is 0 Å². The van der Waals surface area contributed by atoms with Gasteiger partial charge in [0, 0.05) is 13.1 Å². The fraction of sp³-hybridized carbons (Fsp3) is 0.889. The molecule has 1 heterocycles. The SMILES string of the molecule is COC(=O)C(C)(C)COC1CNC1. The van der Waals surface area contributed by atoms with Crippen LogP contribution < -0.4 is 5.32 Å². The van der Waals surface area contributed by atoms with E-state index in [9.17, 15) is 4.79 Å². The maximum Gasteiger partial charge on any atom is 0.313 e. The molecule has 0 aliphatic carbocycles. The molecule has 0 amide bonds. The van der Waals surface area contributed by atoms with Crippen LogP contribution in [-0.2, 0) is 14.3 Å². The molecule has 0 aromatic heterocycles. The summed E-state index contributed by atoms with van der Waals surface area (Å²) < 4.78 is 10.2. The second kappa shape index (κ2) is 4.07. The molecule has 0 bridgehead atoms. The molecule has 0 saturated carbocycles. The van der Waals surface area contributed by atoms with Crippen molar-refractivity contribution in [1.29, 1.82) is 0 Å². The average Bonchev–Trinajstić information content (AvgIpc) is 1.99. The molecule has 76 valence electrons. The minimum atomic E-state index is -0.537. The molecule has 1 aliphatic heterocycles. The Morgan fingerprint density at radius 2 is 2.15 bits per heavy atom. The Morgan fingerprint density at radius 3 is 2.54 bits per heavy atom. The van der Waals surface area contributed by atoms with Gasteiger partial charge in [-0.2, -0.15) is 0 Å². The minimum absolute atomic E-state index is 0.222. The van der Waals surface area contributed by atoms with Gasteiger partial charge in [-0.1, -0.05) is 0 Å². The highest BCUT2D eigenvalue weighted by Gasteiger charge is 2.31. The lowest BCUT2D eigenvalue weighted by atomic mass is 9.95. The van der Waals surface area contributed by atoms with Crippen molar-refractivity contribution < 1.29 is 14.3 Å². The number of rotatable bonds is 4. The molecule has 4 nitrogen and oxygen atoms in total. The summed E-state index contributed by atoms with van der Waals surface area (Å²) >= 11 is 0. The van der Waals surface area contributed by atoms with Crippen molar-refractivity contribution in [3.05, 3.63) is 0 Å². The van der Waals surface area contributed by atoms with Gasteiger partial charge in [-0.15, -0.1) is 0 Å². The van der Waals surface area contributed by atoms with Crippen molar-refractivity contribution in [2.45, 2.75) is 20.0 Å². The molecule has 0 radical (unpaired) electrons. The first-order valence-electron chi connectivity index (χ1n) is 4.47. The number of hydrogen-bond acceptors (Lipinski definition) is 4. The highest BCUT2D eigenvalue weighted by molar-refractivity contribution is 5.75. The first-order valence-corrected chi connectivity index (χ1v) is 4.47. The summed E-state index contributed by atoms with van der Waals surface area (Å²) in [7, 11) is 1.40. The zero-order chi connectivity index (χ0) is 9.90. The van der Waals surface area contributed by atoms with E-state index in [1.165, 1.54) is 7.11 Å². The Balaban J connectivity index is 2.27. The highest BCUT2D eigenvalue weighted by Crippen LogP contribution is 2.18. The van der Waals surface area contributed by atoms with Crippen LogP contribution in [0.2, 0.25) is 0 Å². The normalized spacial score (nSPS) is 18.1. The van der Waals surface area contributed by atoms with E-state index in [1.54, 1.807) is 0 Å². The van der Waals surface area contributed by atoms with Crippen LogP contribution in [0.3, 0.4) is 0 Å². The quantitative estimate of drug-likeness (QED) is 0.637. The maximum atomic E-state index is 11.2. The van der Waals surface area contributed by atoms with Gasteiger partial charge in [-0.05, 0) is 13.8 Å². The lowest BCUT2D eigenvalue weighted by molar-refractivity contribution is -0.156. The number of esters is 1. The third-order valence-corrected chi connectivity index (χ3v) is 2.16. The van der Waals surface area contributed by atoms with Gasteiger partial charge in [0.05, 0.1) is 25.2 Å². The first-order chi connectivity index (χ1) is 6.06. The zero-order valence-electron chi connectivity index (χ0n) is 8.42. The average molecular weight is 187 g/mol. The largest absolute Gasteiger partial charge is 0.469 e. The maximum absolute atomic E-state index is 11.2. The van der Waals surface area contributed by atoms with E-state index in [0.29, 0.717) is 6.61 Å². The Labute approximate surface area is 78.6 Å². The number of hydrogen-bond donors (Lipinski definition) is 1. The standard InChI is InChI=1S/C9H17NO3/c1-9(2,8(11)12-3)6-13-7-4-10-5-7/h7,10H,4-6H2,1-3H3. The molecule has 0 unspecified atom stereocenters. The zero-order valence-corrected chi connectivity index (χ0v) is 8.42. The molecular formula is C9H17NO3. The van der Waals surface area contributed by atoms with Gasteiger partial charge < -0.3 is 14.8 Å². The molecule has 0 atom stereocenters. The minimum Gasteiger partial charge on any atom is -0.469 e. The predicted octanol–water partition coefficient (Wildman–Crippen LogP) is 0.174. The van der Waals surface area contributed by atoms with Crippen molar-refractivity contribution in [2.75, 3.05) is 26.8 Å². The lowest BCUT2D eigenvalue weighted by Crippen LogP contribution is -2.50.